The average molecular weight is 298 g/mol. The van der Waals surface area contributed by atoms with E-state index >= 15 is 0 Å². The van der Waals surface area contributed by atoms with Gasteiger partial charge in [-0.2, -0.15) is 0 Å². The van der Waals surface area contributed by atoms with Crippen LogP contribution in [0.1, 0.15) is 43.1 Å². The van der Waals surface area contributed by atoms with Crippen LogP contribution < -0.4 is 0 Å². The van der Waals surface area contributed by atoms with Gasteiger partial charge in [0.15, 0.2) is 10.8 Å². The largest absolute Gasteiger partial charge is 0.479 e. The van der Waals surface area contributed by atoms with E-state index in [0.717, 1.165) is 0 Å². The van der Waals surface area contributed by atoms with Crippen LogP contribution in [0.15, 0.2) is 12.1 Å². The van der Waals surface area contributed by atoms with Gasteiger partial charge in [-0.05, 0) is 31.4 Å². The SMILES string of the molecule is CCCC1(C(=O)O)CCCN1C(=O)c1ccc(Cl)nn1. The van der Waals surface area contributed by atoms with Gasteiger partial charge in [0.25, 0.3) is 5.91 Å². The highest BCUT2D eigenvalue weighted by Gasteiger charge is 2.49. The van der Waals surface area contributed by atoms with E-state index in [-0.39, 0.29) is 10.8 Å². The van der Waals surface area contributed by atoms with Crippen LogP contribution >= 0.6 is 11.6 Å². The molecule has 1 N–H and O–H groups in total. The van der Waals surface area contributed by atoms with Crippen LogP contribution in [0.25, 0.3) is 0 Å². The number of hydrogen-bond acceptors (Lipinski definition) is 4. The smallest absolute Gasteiger partial charge is 0.329 e. The van der Waals surface area contributed by atoms with Gasteiger partial charge >= 0.3 is 5.97 Å². The number of carbonyl (C=O) groups is 2. The van der Waals surface area contributed by atoms with Gasteiger partial charge < -0.3 is 10.0 Å². The number of halogens is 1. The summed E-state index contributed by atoms with van der Waals surface area (Å²) in [5.74, 6) is -1.35. The van der Waals surface area contributed by atoms with Crippen LogP contribution in [0.4, 0.5) is 0 Å². The van der Waals surface area contributed by atoms with Crippen molar-refractivity contribution in [3.05, 3.63) is 23.0 Å². The zero-order valence-electron chi connectivity index (χ0n) is 11.2. The van der Waals surface area contributed by atoms with E-state index in [9.17, 15) is 14.7 Å². The normalized spacial score (nSPS) is 22.0. The third-order valence-corrected chi connectivity index (χ3v) is 3.85. The molecule has 6 nitrogen and oxygen atoms in total. The summed E-state index contributed by atoms with van der Waals surface area (Å²) in [6.45, 7) is 2.34. The van der Waals surface area contributed by atoms with E-state index in [2.05, 4.69) is 10.2 Å². The number of aromatic nitrogens is 2. The van der Waals surface area contributed by atoms with Crippen molar-refractivity contribution in [1.29, 1.82) is 0 Å². The van der Waals surface area contributed by atoms with Crippen molar-refractivity contribution in [3.8, 4) is 0 Å². The van der Waals surface area contributed by atoms with Gasteiger partial charge in [0, 0.05) is 6.54 Å². The minimum atomic E-state index is -1.12. The highest BCUT2D eigenvalue weighted by atomic mass is 35.5. The molecule has 1 unspecified atom stereocenters. The Morgan fingerprint density at radius 3 is 2.75 bits per heavy atom. The zero-order chi connectivity index (χ0) is 14.8. The Balaban J connectivity index is 2.32. The first-order chi connectivity index (χ1) is 9.51. The summed E-state index contributed by atoms with van der Waals surface area (Å²) in [5, 5.41) is 17.1. The second kappa shape index (κ2) is 5.75. The van der Waals surface area contributed by atoms with E-state index in [0.29, 0.717) is 32.2 Å². The summed E-state index contributed by atoms with van der Waals surface area (Å²) >= 11 is 5.64. The predicted molar refractivity (Wildman–Crippen MR) is 72.6 cm³/mol. The molecule has 1 saturated heterocycles. The number of likely N-dealkylation sites (tertiary alicyclic amines) is 1. The Morgan fingerprint density at radius 2 is 2.20 bits per heavy atom. The molecule has 1 atom stereocenters. The topological polar surface area (TPSA) is 83.4 Å². The first-order valence-electron chi connectivity index (χ1n) is 6.56. The number of carboxylic acid groups (broad SMARTS) is 1. The minimum Gasteiger partial charge on any atom is -0.479 e. The fraction of sp³-hybridized carbons (Fsp3) is 0.538. The van der Waals surface area contributed by atoms with Crippen molar-refractivity contribution in [2.75, 3.05) is 6.54 Å². The van der Waals surface area contributed by atoms with Crippen molar-refractivity contribution >= 4 is 23.5 Å². The van der Waals surface area contributed by atoms with Crippen molar-refractivity contribution < 1.29 is 14.7 Å². The Labute approximate surface area is 121 Å². The molecule has 1 aromatic rings. The Bertz CT molecular complexity index is 520. The molecule has 1 aromatic heterocycles. The van der Waals surface area contributed by atoms with E-state index < -0.39 is 17.4 Å². The second-order valence-corrected chi connectivity index (χ2v) is 5.28. The van der Waals surface area contributed by atoms with Gasteiger partial charge in [-0.15, -0.1) is 10.2 Å². The van der Waals surface area contributed by atoms with E-state index in [4.69, 9.17) is 11.6 Å². The van der Waals surface area contributed by atoms with Crippen LogP contribution in [0, 0.1) is 0 Å². The van der Waals surface area contributed by atoms with E-state index in [1.54, 1.807) is 0 Å². The maximum absolute atomic E-state index is 12.5. The quantitative estimate of drug-likeness (QED) is 0.919. The fourth-order valence-electron chi connectivity index (χ4n) is 2.75. The fourth-order valence-corrected chi connectivity index (χ4v) is 2.85. The van der Waals surface area contributed by atoms with Crippen molar-refractivity contribution in [3.63, 3.8) is 0 Å². The molecule has 0 aliphatic carbocycles. The standard InChI is InChI=1S/C13H16ClN3O3/c1-2-6-13(12(19)20)7-3-8-17(13)11(18)9-4-5-10(14)16-15-9/h4-5H,2-3,6-8H2,1H3,(H,19,20). The van der Waals surface area contributed by atoms with E-state index in [1.165, 1.54) is 17.0 Å². The third kappa shape index (κ3) is 2.47. The number of amides is 1. The zero-order valence-corrected chi connectivity index (χ0v) is 11.9. The summed E-state index contributed by atoms with van der Waals surface area (Å²) in [4.78, 5) is 25.5. The lowest BCUT2D eigenvalue weighted by atomic mass is 9.90. The lowest BCUT2D eigenvalue weighted by molar-refractivity contribution is -0.148. The number of aliphatic carboxylic acids is 1. The van der Waals surface area contributed by atoms with Gasteiger partial charge in [0.2, 0.25) is 0 Å². The van der Waals surface area contributed by atoms with Crippen LogP contribution in [0.2, 0.25) is 5.15 Å². The van der Waals surface area contributed by atoms with Gasteiger partial charge in [-0.25, -0.2) is 4.79 Å². The molecule has 108 valence electrons. The second-order valence-electron chi connectivity index (χ2n) is 4.89. The Morgan fingerprint density at radius 1 is 1.45 bits per heavy atom. The molecule has 0 bridgehead atoms. The van der Waals surface area contributed by atoms with Gasteiger partial charge in [-0.1, -0.05) is 24.9 Å². The molecule has 1 aliphatic rings. The van der Waals surface area contributed by atoms with Gasteiger partial charge in [0.1, 0.15) is 5.54 Å². The molecule has 20 heavy (non-hydrogen) atoms. The van der Waals surface area contributed by atoms with E-state index in [1.807, 2.05) is 6.92 Å². The molecule has 2 heterocycles. The number of carboxylic acids is 1. The monoisotopic (exact) mass is 297 g/mol. The predicted octanol–water partition coefficient (Wildman–Crippen LogP) is 1.99. The summed E-state index contributed by atoms with van der Waals surface area (Å²) in [6.07, 6.45) is 2.29. The molecule has 2 rings (SSSR count). The third-order valence-electron chi connectivity index (χ3n) is 3.65. The molecular formula is C13H16ClN3O3. The maximum atomic E-state index is 12.5. The summed E-state index contributed by atoms with van der Waals surface area (Å²) in [7, 11) is 0. The Kier molecular flexibility index (Phi) is 4.23. The van der Waals surface area contributed by atoms with Crippen LogP contribution in [-0.2, 0) is 4.79 Å². The van der Waals surface area contributed by atoms with Crippen molar-refractivity contribution in [1.82, 2.24) is 15.1 Å². The number of nitrogens with zero attached hydrogens (tertiary/aromatic N) is 3. The minimum absolute atomic E-state index is 0.123. The lowest BCUT2D eigenvalue weighted by Crippen LogP contribution is -2.53. The average Bonchev–Trinajstić information content (AvgIpc) is 2.84. The van der Waals surface area contributed by atoms with Crippen LogP contribution in [0.5, 0.6) is 0 Å². The first-order valence-corrected chi connectivity index (χ1v) is 6.93. The molecular weight excluding hydrogens is 282 g/mol. The molecule has 0 saturated carbocycles. The first kappa shape index (κ1) is 14.7. The molecule has 0 aromatic carbocycles. The molecule has 0 spiro atoms. The molecule has 7 heteroatoms. The van der Waals surface area contributed by atoms with Crippen LogP contribution in [0.3, 0.4) is 0 Å². The maximum Gasteiger partial charge on any atom is 0.329 e. The highest BCUT2D eigenvalue weighted by Crippen LogP contribution is 2.35. The van der Waals surface area contributed by atoms with Gasteiger partial charge in [0.05, 0.1) is 0 Å². The summed E-state index contributed by atoms with van der Waals surface area (Å²) in [6, 6.07) is 2.94. The van der Waals surface area contributed by atoms with Gasteiger partial charge in [-0.3, -0.25) is 4.79 Å². The lowest BCUT2D eigenvalue weighted by Gasteiger charge is -2.34. The van der Waals surface area contributed by atoms with Crippen LogP contribution in [-0.4, -0.2) is 44.2 Å². The number of hydrogen-bond donors (Lipinski definition) is 1. The van der Waals surface area contributed by atoms with Crippen molar-refractivity contribution in [2.45, 2.75) is 38.1 Å². The molecule has 1 aliphatic heterocycles. The summed E-state index contributed by atoms with van der Waals surface area (Å²) in [5.41, 5.74) is -0.995. The Hall–Kier alpha value is -1.69. The van der Waals surface area contributed by atoms with Crippen molar-refractivity contribution in [2.24, 2.45) is 0 Å². The molecule has 1 amide bonds. The molecule has 0 radical (unpaired) electrons. The number of rotatable bonds is 4. The summed E-state index contributed by atoms with van der Waals surface area (Å²) < 4.78 is 0. The number of carbonyl (C=O) groups excluding carboxylic acids is 1. The highest BCUT2D eigenvalue weighted by molar-refractivity contribution is 6.29. The molecule has 1 fully saturated rings.